The van der Waals surface area contributed by atoms with Crippen LogP contribution in [0, 0.1) is 4.91 Å². The number of hydrogen-bond donors (Lipinski definition) is 2. The first-order valence-corrected chi connectivity index (χ1v) is 5.34. The number of nitrogens with zero attached hydrogens (tertiary/aromatic N) is 1. The molecule has 0 saturated carbocycles. The van der Waals surface area contributed by atoms with Gasteiger partial charge in [-0.3, -0.25) is 0 Å². The third kappa shape index (κ3) is 1.41. The summed E-state index contributed by atoms with van der Waals surface area (Å²) in [5.74, 6) is 0.746. The number of nitrogens with one attached hydrogen (secondary N) is 2. The maximum absolute atomic E-state index is 11.1. The van der Waals surface area contributed by atoms with Crippen molar-refractivity contribution in [1.29, 1.82) is 0 Å². The molecule has 0 unspecified atom stereocenters. The number of fused-ring (bicyclic) bond motifs is 2. The van der Waals surface area contributed by atoms with Crippen LogP contribution in [0.2, 0.25) is 0 Å². The Kier molecular flexibility index (Phi) is 1.78. The first-order valence-electron chi connectivity index (χ1n) is 4.52. The van der Waals surface area contributed by atoms with E-state index in [1.54, 1.807) is 17.8 Å². The van der Waals surface area contributed by atoms with Gasteiger partial charge in [-0.25, -0.2) is 0 Å². The Bertz CT molecular complexity index is 579. The summed E-state index contributed by atoms with van der Waals surface area (Å²) < 4.78 is 0.681. The minimum atomic E-state index is 0.681. The number of para-hydroxylation sites is 1. The summed E-state index contributed by atoms with van der Waals surface area (Å²) in [4.78, 5) is 13.3. The highest BCUT2D eigenvalue weighted by molar-refractivity contribution is 7.99. The number of hydrogen-bond acceptors (Lipinski definition) is 3. The van der Waals surface area contributed by atoms with E-state index in [1.165, 1.54) is 11.1 Å². The first kappa shape index (κ1) is 8.55. The normalized spacial score (nSPS) is 12.5. The molecule has 1 aliphatic heterocycles. The average molecular weight is 218 g/mol. The summed E-state index contributed by atoms with van der Waals surface area (Å²) in [6.45, 7) is 0. The fourth-order valence-corrected chi connectivity index (χ4v) is 2.45. The first-order chi connectivity index (χ1) is 7.33. The second-order valence-electron chi connectivity index (χ2n) is 3.22. The lowest BCUT2D eigenvalue weighted by Crippen LogP contribution is -2.20. The highest BCUT2D eigenvalue weighted by Gasteiger charge is 2.17. The van der Waals surface area contributed by atoms with Crippen molar-refractivity contribution < 1.29 is 4.54 Å². The number of aromatic amines is 1. The molecule has 2 heterocycles. The summed E-state index contributed by atoms with van der Waals surface area (Å²) in [7, 11) is 0. The van der Waals surface area contributed by atoms with E-state index >= 15 is 0 Å². The molecule has 0 aliphatic carbocycles. The minimum absolute atomic E-state index is 0.681. The van der Waals surface area contributed by atoms with Crippen molar-refractivity contribution in [3.63, 3.8) is 0 Å². The zero-order chi connectivity index (χ0) is 10.3. The minimum Gasteiger partial charge on any atom is -0.336 e. The number of aromatic nitrogens is 2. The Balaban J connectivity index is 2.15. The van der Waals surface area contributed by atoms with Crippen LogP contribution in [-0.2, 0) is 0 Å². The lowest BCUT2D eigenvalue weighted by molar-refractivity contribution is -0.563. The van der Waals surface area contributed by atoms with Crippen LogP contribution in [0.1, 0.15) is 0 Å². The molecule has 0 spiro atoms. The molecule has 0 amide bonds. The van der Waals surface area contributed by atoms with Gasteiger partial charge in [-0.2, -0.15) is 0 Å². The molecule has 2 N–H and O–H groups in total. The van der Waals surface area contributed by atoms with Crippen LogP contribution in [0.15, 0.2) is 46.3 Å². The highest BCUT2D eigenvalue weighted by atomic mass is 32.2. The van der Waals surface area contributed by atoms with Gasteiger partial charge in [0.25, 0.3) is 6.20 Å². The van der Waals surface area contributed by atoms with Gasteiger partial charge in [-0.05, 0) is 12.1 Å². The van der Waals surface area contributed by atoms with Crippen molar-refractivity contribution in [2.45, 2.75) is 9.79 Å². The van der Waals surface area contributed by atoms with E-state index in [0.717, 1.165) is 16.4 Å². The van der Waals surface area contributed by atoms with E-state index in [4.69, 9.17) is 0 Å². The topological polar surface area (TPSA) is 50.8 Å². The average Bonchev–Trinajstić information content (AvgIpc) is 2.26. The van der Waals surface area contributed by atoms with Gasteiger partial charge in [0.05, 0.1) is 15.5 Å². The lowest BCUT2D eigenvalue weighted by atomic mass is 10.3. The van der Waals surface area contributed by atoms with E-state index in [0.29, 0.717) is 4.54 Å². The Labute approximate surface area is 89.9 Å². The van der Waals surface area contributed by atoms with Crippen molar-refractivity contribution in [2.75, 3.05) is 5.32 Å². The molecule has 1 aromatic carbocycles. The predicted molar refractivity (Wildman–Crippen MR) is 58.0 cm³/mol. The van der Waals surface area contributed by atoms with Gasteiger partial charge < -0.3 is 5.32 Å². The molecule has 0 bridgehead atoms. The monoisotopic (exact) mass is 218 g/mol. The Morgan fingerprint density at radius 3 is 2.93 bits per heavy atom. The van der Waals surface area contributed by atoms with Crippen LogP contribution >= 0.6 is 11.8 Å². The van der Waals surface area contributed by atoms with Gasteiger partial charge in [-0.15, -0.1) is 0 Å². The Hall–Kier alpha value is -1.75. The second kappa shape index (κ2) is 3.13. The molecule has 0 atom stereocenters. The fraction of sp³-hybridized carbons (Fsp3) is 0. The molecular weight excluding hydrogens is 210 g/mol. The van der Waals surface area contributed by atoms with Crippen LogP contribution in [0.5, 0.6) is 0 Å². The zero-order valence-corrected chi connectivity index (χ0v) is 8.54. The Morgan fingerprint density at radius 2 is 2.00 bits per heavy atom. The van der Waals surface area contributed by atoms with Crippen molar-refractivity contribution in [1.82, 2.24) is 5.10 Å². The van der Waals surface area contributed by atoms with Crippen LogP contribution in [0.3, 0.4) is 0 Å². The SMILES string of the molecule is O=[n+]1ccc2c([nH]1)Nc1ccccc1S2. The van der Waals surface area contributed by atoms with E-state index in [9.17, 15) is 4.91 Å². The fourth-order valence-electron chi connectivity index (χ4n) is 1.51. The molecule has 1 aliphatic rings. The maximum Gasteiger partial charge on any atom is 0.258 e. The predicted octanol–water partition coefficient (Wildman–Crippen LogP) is 2.14. The van der Waals surface area contributed by atoms with Gasteiger partial charge in [0.2, 0.25) is 0 Å². The van der Waals surface area contributed by atoms with Crippen molar-refractivity contribution >= 4 is 23.3 Å². The van der Waals surface area contributed by atoms with Gasteiger partial charge in [0.1, 0.15) is 0 Å². The molecule has 1 aromatic heterocycles. The molecule has 0 fully saturated rings. The summed E-state index contributed by atoms with van der Waals surface area (Å²) in [6, 6.07) is 9.80. The molecule has 74 valence electrons. The molecule has 3 rings (SSSR count). The summed E-state index contributed by atoms with van der Waals surface area (Å²) in [5, 5.41) is 5.88. The molecule has 5 heteroatoms. The molecule has 0 radical (unpaired) electrons. The van der Waals surface area contributed by atoms with E-state index < -0.39 is 0 Å². The quantitative estimate of drug-likeness (QED) is 0.568. The van der Waals surface area contributed by atoms with Crippen molar-refractivity contribution in [3.8, 4) is 0 Å². The molecule has 2 aromatic rings. The Morgan fingerprint density at radius 1 is 1.13 bits per heavy atom. The van der Waals surface area contributed by atoms with Crippen LogP contribution in [0.25, 0.3) is 0 Å². The molecule has 4 nitrogen and oxygen atoms in total. The van der Waals surface area contributed by atoms with Crippen molar-refractivity contribution in [3.05, 3.63) is 41.4 Å². The molecule has 15 heavy (non-hydrogen) atoms. The number of rotatable bonds is 0. The largest absolute Gasteiger partial charge is 0.336 e. The lowest BCUT2D eigenvalue weighted by Gasteiger charge is -2.17. The third-order valence-corrected chi connectivity index (χ3v) is 3.33. The third-order valence-electron chi connectivity index (χ3n) is 2.20. The van der Waals surface area contributed by atoms with E-state index in [2.05, 4.69) is 10.4 Å². The van der Waals surface area contributed by atoms with Gasteiger partial charge in [0, 0.05) is 11.0 Å². The molecule has 0 saturated heterocycles. The van der Waals surface area contributed by atoms with Gasteiger partial charge in [0.15, 0.2) is 10.4 Å². The van der Waals surface area contributed by atoms with Crippen LogP contribution < -0.4 is 9.86 Å². The van der Waals surface area contributed by atoms with Crippen LogP contribution in [0.4, 0.5) is 11.5 Å². The summed E-state index contributed by atoms with van der Waals surface area (Å²) >= 11 is 1.65. The summed E-state index contributed by atoms with van der Waals surface area (Å²) in [5.41, 5.74) is 1.03. The number of benzene rings is 1. The molecular formula is C10H8N3OS+. The van der Waals surface area contributed by atoms with Gasteiger partial charge in [-0.1, -0.05) is 29.0 Å². The van der Waals surface area contributed by atoms with E-state index in [-0.39, 0.29) is 0 Å². The highest BCUT2D eigenvalue weighted by Crippen LogP contribution is 2.41. The smallest absolute Gasteiger partial charge is 0.258 e. The standard InChI is InChI=1S/C10H8N3OS/c14-13-6-5-9-10(12-13)11-7-3-1-2-4-8(7)15-9/h1-6H,(H2,11,12,14)/q+1. The summed E-state index contributed by atoms with van der Waals surface area (Å²) in [6.07, 6.45) is 1.46. The van der Waals surface area contributed by atoms with Gasteiger partial charge >= 0.3 is 0 Å². The van der Waals surface area contributed by atoms with E-state index in [1.807, 2.05) is 24.3 Å². The number of H-pyrrole nitrogens is 1. The van der Waals surface area contributed by atoms with Crippen LogP contribution in [-0.4, -0.2) is 5.10 Å². The zero-order valence-electron chi connectivity index (χ0n) is 7.73. The van der Waals surface area contributed by atoms with Crippen molar-refractivity contribution in [2.24, 2.45) is 0 Å². The maximum atomic E-state index is 11.1. The number of anilines is 2. The second-order valence-corrected chi connectivity index (χ2v) is 4.30.